The number of amides is 2. The van der Waals surface area contributed by atoms with Crippen LogP contribution in [0.3, 0.4) is 0 Å². The number of aliphatic hydroxyl groups excluding tert-OH is 1. The summed E-state index contributed by atoms with van der Waals surface area (Å²) < 4.78 is 0. The van der Waals surface area contributed by atoms with Crippen LogP contribution in [-0.4, -0.2) is 29.6 Å². The Morgan fingerprint density at radius 1 is 1.25 bits per heavy atom. The molecule has 1 aromatic rings. The molecule has 0 fully saturated rings. The quantitative estimate of drug-likeness (QED) is 0.785. The third kappa shape index (κ3) is 4.35. The number of anilines is 1. The van der Waals surface area contributed by atoms with Crippen molar-refractivity contribution in [2.75, 3.05) is 11.9 Å². The summed E-state index contributed by atoms with van der Waals surface area (Å²) in [6.07, 6.45) is 0. The molecule has 0 saturated carbocycles. The maximum Gasteiger partial charge on any atom is 0.253 e. The van der Waals surface area contributed by atoms with Crippen LogP contribution < -0.4 is 10.6 Å². The Morgan fingerprint density at radius 2 is 1.85 bits per heavy atom. The molecule has 1 rings (SSSR count). The Morgan fingerprint density at radius 3 is 2.40 bits per heavy atom. The molecule has 0 aliphatic heterocycles. The average Bonchev–Trinajstić information content (AvgIpc) is 2.37. The van der Waals surface area contributed by atoms with E-state index in [1.54, 1.807) is 52.0 Å². The summed E-state index contributed by atoms with van der Waals surface area (Å²) in [6, 6.07) is 6.46. The van der Waals surface area contributed by atoms with Gasteiger partial charge in [0.15, 0.2) is 0 Å². The summed E-state index contributed by atoms with van der Waals surface area (Å²) in [5.74, 6) is -0.482. The molecule has 5 heteroatoms. The highest BCUT2D eigenvalue weighted by Crippen LogP contribution is 2.20. The van der Waals surface area contributed by atoms with Crippen molar-refractivity contribution in [2.45, 2.75) is 33.7 Å². The molecule has 0 spiro atoms. The van der Waals surface area contributed by atoms with Gasteiger partial charge in [-0.25, -0.2) is 0 Å². The molecule has 2 amide bonds. The number of nitrogens with one attached hydrogen (secondary N) is 2. The molecule has 0 heterocycles. The van der Waals surface area contributed by atoms with Gasteiger partial charge in [-0.1, -0.05) is 32.9 Å². The lowest BCUT2D eigenvalue weighted by molar-refractivity contribution is -0.123. The first-order valence-corrected chi connectivity index (χ1v) is 6.58. The van der Waals surface area contributed by atoms with Crippen molar-refractivity contribution in [3.8, 4) is 0 Å². The van der Waals surface area contributed by atoms with Gasteiger partial charge in [0.2, 0.25) is 5.91 Å². The lowest BCUT2D eigenvalue weighted by Gasteiger charge is -2.19. The summed E-state index contributed by atoms with van der Waals surface area (Å²) in [6.45, 7) is 6.98. The number of hydrogen-bond donors (Lipinski definition) is 3. The molecule has 5 nitrogen and oxygen atoms in total. The van der Waals surface area contributed by atoms with Crippen LogP contribution in [0.4, 0.5) is 5.69 Å². The standard InChI is InChI=1S/C15H22N2O3/c1-10(9-18)16-13(19)11-7-5-6-8-12(11)17-14(20)15(2,3)4/h5-8,10,18H,9H2,1-4H3,(H,16,19)(H,17,20). The smallest absolute Gasteiger partial charge is 0.253 e. The van der Waals surface area contributed by atoms with Crippen molar-refractivity contribution in [2.24, 2.45) is 5.41 Å². The van der Waals surface area contributed by atoms with Crippen LogP contribution in [0.5, 0.6) is 0 Å². The summed E-state index contributed by atoms with van der Waals surface area (Å²) in [5.41, 5.74) is 0.308. The number of carbonyl (C=O) groups excluding carboxylic acids is 2. The molecule has 3 N–H and O–H groups in total. The number of rotatable bonds is 4. The third-order valence-electron chi connectivity index (χ3n) is 2.75. The van der Waals surface area contributed by atoms with E-state index in [1.165, 1.54) is 0 Å². The van der Waals surface area contributed by atoms with Crippen molar-refractivity contribution in [3.63, 3.8) is 0 Å². The van der Waals surface area contributed by atoms with Crippen molar-refractivity contribution in [1.29, 1.82) is 0 Å². The fourth-order valence-corrected chi connectivity index (χ4v) is 1.45. The molecule has 0 bridgehead atoms. The van der Waals surface area contributed by atoms with Gasteiger partial charge in [0.25, 0.3) is 5.91 Å². The Balaban J connectivity index is 2.94. The van der Waals surface area contributed by atoms with Crippen LogP contribution in [0.25, 0.3) is 0 Å². The minimum atomic E-state index is -0.540. The molecule has 110 valence electrons. The van der Waals surface area contributed by atoms with Crippen molar-refractivity contribution in [1.82, 2.24) is 5.32 Å². The summed E-state index contributed by atoms with van der Waals surface area (Å²) in [4.78, 5) is 24.1. The maximum atomic E-state index is 12.1. The van der Waals surface area contributed by atoms with Crippen LogP contribution in [0.15, 0.2) is 24.3 Å². The van der Waals surface area contributed by atoms with Gasteiger partial charge in [-0.2, -0.15) is 0 Å². The van der Waals surface area contributed by atoms with Crippen LogP contribution in [0.2, 0.25) is 0 Å². The second-order valence-corrected chi connectivity index (χ2v) is 5.81. The van der Waals surface area contributed by atoms with Gasteiger partial charge in [0.05, 0.1) is 17.9 Å². The number of carbonyl (C=O) groups is 2. The van der Waals surface area contributed by atoms with Crippen LogP contribution in [0.1, 0.15) is 38.1 Å². The lowest BCUT2D eigenvalue weighted by Crippen LogP contribution is -2.36. The Hall–Kier alpha value is -1.88. The predicted molar refractivity (Wildman–Crippen MR) is 78.5 cm³/mol. The molecule has 0 aliphatic rings. The molecule has 0 saturated heterocycles. The average molecular weight is 278 g/mol. The predicted octanol–water partition coefficient (Wildman–Crippen LogP) is 1.78. The first-order valence-electron chi connectivity index (χ1n) is 6.58. The van der Waals surface area contributed by atoms with Gasteiger partial charge in [-0.15, -0.1) is 0 Å². The Bertz CT molecular complexity index is 492. The zero-order chi connectivity index (χ0) is 15.3. The number of benzene rings is 1. The second-order valence-electron chi connectivity index (χ2n) is 5.81. The van der Waals surface area contributed by atoms with Crippen LogP contribution in [0, 0.1) is 5.41 Å². The minimum absolute atomic E-state index is 0.137. The SMILES string of the molecule is CC(CO)NC(=O)c1ccccc1NC(=O)C(C)(C)C. The highest BCUT2D eigenvalue weighted by molar-refractivity contribution is 6.04. The molecule has 1 unspecified atom stereocenters. The van der Waals surface area contributed by atoms with E-state index in [1.807, 2.05) is 0 Å². The Labute approximate surface area is 119 Å². The number of aliphatic hydroxyl groups is 1. The van der Waals surface area contributed by atoms with Crippen LogP contribution >= 0.6 is 0 Å². The van der Waals surface area contributed by atoms with Crippen molar-refractivity contribution < 1.29 is 14.7 Å². The van der Waals surface area contributed by atoms with E-state index < -0.39 is 5.41 Å². The summed E-state index contributed by atoms with van der Waals surface area (Å²) >= 11 is 0. The van der Waals surface area contributed by atoms with E-state index >= 15 is 0 Å². The minimum Gasteiger partial charge on any atom is -0.394 e. The zero-order valence-corrected chi connectivity index (χ0v) is 12.4. The first-order chi connectivity index (χ1) is 9.25. The van der Waals surface area contributed by atoms with Gasteiger partial charge < -0.3 is 15.7 Å². The number of para-hydroxylation sites is 1. The third-order valence-corrected chi connectivity index (χ3v) is 2.75. The fourth-order valence-electron chi connectivity index (χ4n) is 1.45. The molecule has 0 aliphatic carbocycles. The molecular formula is C15H22N2O3. The van der Waals surface area contributed by atoms with Gasteiger partial charge in [0, 0.05) is 11.5 Å². The van der Waals surface area contributed by atoms with Gasteiger partial charge >= 0.3 is 0 Å². The Kier molecular flexibility index (Phi) is 5.27. The zero-order valence-electron chi connectivity index (χ0n) is 12.4. The lowest BCUT2D eigenvalue weighted by atomic mass is 9.95. The number of hydrogen-bond acceptors (Lipinski definition) is 3. The molecule has 0 aromatic heterocycles. The van der Waals surface area contributed by atoms with Gasteiger partial charge in [0.1, 0.15) is 0 Å². The van der Waals surface area contributed by atoms with Gasteiger partial charge in [-0.05, 0) is 19.1 Å². The van der Waals surface area contributed by atoms with E-state index in [-0.39, 0.29) is 24.5 Å². The summed E-state index contributed by atoms with van der Waals surface area (Å²) in [5, 5.41) is 14.4. The topological polar surface area (TPSA) is 78.4 Å². The molecule has 20 heavy (non-hydrogen) atoms. The molecule has 1 atom stereocenters. The molecular weight excluding hydrogens is 256 g/mol. The maximum absolute atomic E-state index is 12.1. The fraction of sp³-hybridized carbons (Fsp3) is 0.467. The molecule has 1 aromatic carbocycles. The van der Waals surface area contributed by atoms with Crippen molar-refractivity contribution >= 4 is 17.5 Å². The summed E-state index contributed by atoms with van der Waals surface area (Å²) in [7, 11) is 0. The highest BCUT2D eigenvalue weighted by Gasteiger charge is 2.23. The van der Waals surface area contributed by atoms with E-state index in [2.05, 4.69) is 10.6 Å². The van der Waals surface area contributed by atoms with Gasteiger partial charge in [-0.3, -0.25) is 9.59 Å². The van der Waals surface area contributed by atoms with E-state index in [0.29, 0.717) is 11.3 Å². The normalized spacial score (nSPS) is 12.7. The monoisotopic (exact) mass is 278 g/mol. The van der Waals surface area contributed by atoms with E-state index in [0.717, 1.165) is 0 Å². The van der Waals surface area contributed by atoms with Crippen molar-refractivity contribution in [3.05, 3.63) is 29.8 Å². The molecule has 0 radical (unpaired) electrons. The van der Waals surface area contributed by atoms with Crippen LogP contribution in [-0.2, 0) is 4.79 Å². The van der Waals surface area contributed by atoms with E-state index in [9.17, 15) is 9.59 Å². The highest BCUT2D eigenvalue weighted by atomic mass is 16.3. The largest absolute Gasteiger partial charge is 0.394 e. The second kappa shape index (κ2) is 6.52. The van der Waals surface area contributed by atoms with E-state index in [4.69, 9.17) is 5.11 Å². The first kappa shape index (κ1) is 16.2.